The number of hydrogen-bond acceptors (Lipinski definition) is 6. The first kappa shape index (κ1) is 20.9. The Labute approximate surface area is 178 Å². The number of benzene rings is 2. The van der Waals surface area contributed by atoms with Gasteiger partial charge in [0, 0.05) is 12.1 Å². The third-order valence-electron chi connectivity index (χ3n) is 5.16. The summed E-state index contributed by atoms with van der Waals surface area (Å²) in [6.45, 7) is 4.15. The fourth-order valence-electron chi connectivity index (χ4n) is 3.69. The third kappa shape index (κ3) is 3.98. The first-order valence-corrected chi connectivity index (χ1v) is 9.92. The van der Waals surface area contributed by atoms with Gasteiger partial charge in [-0.25, -0.2) is 4.39 Å². The zero-order valence-electron chi connectivity index (χ0n) is 17.1. The summed E-state index contributed by atoms with van der Waals surface area (Å²) in [5.41, 5.74) is 0.750. The highest BCUT2D eigenvalue weighted by Gasteiger charge is 2.46. The number of amides is 1. The Morgan fingerprint density at radius 2 is 1.87 bits per heavy atom. The molecule has 0 aliphatic carbocycles. The molecule has 2 aromatic rings. The van der Waals surface area contributed by atoms with Gasteiger partial charge in [0.15, 0.2) is 11.5 Å². The topological polar surface area (TPSA) is 85.3 Å². The number of halogens is 1. The molecule has 1 atom stereocenters. The van der Waals surface area contributed by atoms with Gasteiger partial charge in [0.25, 0.3) is 11.7 Å². The molecule has 1 amide bonds. The van der Waals surface area contributed by atoms with Crippen molar-refractivity contribution in [3.05, 3.63) is 65.0 Å². The van der Waals surface area contributed by atoms with Crippen molar-refractivity contribution in [2.24, 2.45) is 0 Å². The lowest BCUT2D eigenvalue weighted by Crippen LogP contribution is -2.33. The number of nitrogens with zero attached hydrogens (tertiary/aromatic N) is 1. The van der Waals surface area contributed by atoms with Crippen LogP contribution in [-0.4, -0.2) is 47.7 Å². The largest absolute Gasteiger partial charge is 0.507 e. The molecule has 1 N–H and O–H groups in total. The molecule has 0 saturated carbocycles. The van der Waals surface area contributed by atoms with E-state index in [1.165, 1.54) is 29.2 Å². The van der Waals surface area contributed by atoms with Crippen molar-refractivity contribution >= 4 is 17.4 Å². The predicted molar refractivity (Wildman–Crippen MR) is 109 cm³/mol. The summed E-state index contributed by atoms with van der Waals surface area (Å²) in [5, 5.41) is 11.0. The molecule has 2 aliphatic heterocycles. The highest BCUT2D eigenvalue weighted by atomic mass is 19.1. The van der Waals surface area contributed by atoms with E-state index in [-0.39, 0.29) is 37.4 Å². The highest BCUT2D eigenvalue weighted by Crippen LogP contribution is 2.41. The average molecular weight is 427 g/mol. The molecule has 4 rings (SSSR count). The van der Waals surface area contributed by atoms with Gasteiger partial charge in [-0.15, -0.1) is 0 Å². The number of aliphatic hydroxyl groups is 1. The van der Waals surface area contributed by atoms with Crippen LogP contribution in [0.4, 0.5) is 4.39 Å². The zero-order valence-corrected chi connectivity index (χ0v) is 17.1. The smallest absolute Gasteiger partial charge is 0.295 e. The standard InChI is InChI=1S/C23H22FNO6/c1-13(2)29-10-9-25-20(14-3-6-16(24)7-4-14)19(22(27)23(25)28)21(26)15-5-8-17-18(11-15)31-12-30-17/h3-8,11,13,20,26H,9-10,12H2,1-2H3/b21-19-. The van der Waals surface area contributed by atoms with Crippen LogP contribution in [0.25, 0.3) is 5.76 Å². The molecule has 2 aromatic carbocycles. The molecule has 0 bridgehead atoms. The Bertz CT molecular complexity index is 1050. The minimum absolute atomic E-state index is 0.0466. The molecule has 0 aromatic heterocycles. The molecule has 2 aliphatic rings. The Morgan fingerprint density at radius 3 is 2.58 bits per heavy atom. The maximum absolute atomic E-state index is 13.5. The van der Waals surface area contributed by atoms with Crippen LogP contribution in [0, 0.1) is 5.82 Å². The molecular formula is C23H22FNO6. The molecule has 31 heavy (non-hydrogen) atoms. The lowest BCUT2D eigenvalue weighted by Gasteiger charge is -2.25. The Hall–Kier alpha value is -3.39. The molecule has 8 heteroatoms. The van der Waals surface area contributed by atoms with Gasteiger partial charge in [0.1, 0.15) is 11.6 Å². The van der Waals surface area contributed by atoms with Gasteiger partial charge in [0.05, 0.1) is 24.3 Å². The van der Waals surface area contributed by atoms with Gasteiger partial charge in [-0.1, -0.05) is 12.1 Å². The monoisotopic (exact) mass is 427 g/mol. The Kier molecular flexibility index (Phi) is 5.65. The second-order valence-electron chi connectivity index (χ2n) is 7.53. The van der Waals surface area contributed by atoms with Crippen molar-refractivity contribution in [3.8, 4) is 11.5 Å². The number of ether oxygens (including phenoxy) is 3. The summed E-state index contributed by atoms with van der Waals surface area (Å²) in [4.78, 5) is 27.1. The van der Waals surface area contributed by atoms with E-state index >= 15 is 0 Å². The fraction of sp³-hybridized carbons (Fsp3) is 0.304. The van der Waals surface area contributed by atoms with E-state index in [4.69, 9.17) is 14.2 Å². The van der Waals surface area contributed by atoms with E-state index < -0.39 is 23.5 Å². The maximum atomic E-state index is 13.5. The molecule has 1 fully saturated rings. The predicted octanol–water partition coefficient (Wildman–Crippen LogP) is 3.40. The maximum Gasteiger partial charge on any atom is 0.295 e. The van der Waals surface area contributed by atoms with Crippen molar-refractivity contribution in [2.45, 2.75) is 26.0 Å². The van der Waals surface area contributed by atoms with Gasteiger partial charge in [-0.05, 0) is 49.7 Å². The molecule has 0 radical (unpaired) electrons. The van der Waals surface area contributed by atoms with Crippen molar-refractivity contribution < 1.29 is 33.3 Å². The fourth-order valence-corrected chi connectivity index (χ4v) is 3.69. The Balaban J connectivity index is 1.78. The van der Waals surface area contributed by atoms with Crippen LogP contribution in [0.5, 0.6) is 11.5 Å². The van der Waals surface area contributed by atoms with Crippen molar-refractivity contribution in [1.29, 1.82) is 0 Å². The number of rotatable bonds is 6. The van der Waals surface area contributed by atoms with Crippen molar-refractivity contribution in [3.63, 3.8) is 0 Å². The Morgan fingerprint density at radius 1 is 1.16 bits per heavy atom. The lowest BCUT2D eigenvalue weighted by atomic mass is 9.95. The number of hydrogen-bond donors (Lipinski definition) is 1. The minimum Gasteiger partial charge on any atom is -0.507 e. The molecule has 162 valence electrons. The second-order valence-corrected chi connectivity index (χ2v) is 7.53. The SMILES string of the molecule is CC(C)OCCN1C(=O)C(=O)/C(=C(\O)c2ccc3c(c2)OCO3)C1c1ccc(F)cc1. The van der Waals surface area contributed by atoms with E-state index in [1.54, 1.807) is 18.2 Å². The number of ketones is 1. The number of carbonyl (C=O) groups excluding carboxylic acids is 2. The summed E-state index contributed by atoms with van der Waals surface area (Å²) in [6.07, 6.45) is -0.0466. The lowest BCUT2D eigenvalue weighted by molar-refractivity contribution is -0.140. The first-order valence-electron chi connectivity index (χ1n) is 9.92. The van der Waals surface area contributed by atoms with Crippen molar-refractivity contribution in [2.75, 3.05) is 19.9 Å². The number of fused-ring (bicyclic) bond motifs is 1. The highest BCUT2D eigenvalue weighted by molar-refractivity contribution is 6.46. The van der Waals surface area contributed by atoms with Crippen molar-refractivity contribution in [1.82, 2.24) is 4.90 Å². The summed E-state index contributed by atoms with van der Waals surface area (Å²) in [5.74, 6) is -1.38. The van der Waals surface area contributed by atoms with E-state index in [0.29, 0.717) is 22.6 Å². The summed E-state index contributed by atoms with van der Waals surface area (Å²) in [7, 11) is 0. The third-order valence-corrected chi connectivity index (χ3v) is 5.16. The van der Waals surface area contributed by atoms with Crippen LogP contribution >= 0.6 is 0 Å². The number of carbonyl (C=O) groups is 2. The normalized spacial score (nSPS) is 19.5. The van der Waals surface area contributed by atoms with Crippen LogP contribution in [-0.2, 0) is 14.3 Å². The molecule has 1 saturated heterocycles. The zero-order chi connectivity index (χ0) is 22.1. The summed E-state index contributed by atoms with van der Waals surface area (Å²) >= 11 is 0. The van der Waals surface area contributed by atoms with Crippen LogP contribution in [0.2, 0.25) is 0 Å². The van der Waals surface area contributed by atoms with E-state index in [9.17, 15) is 19.1 Å². The van der Waals surface area contributed by atoms with Crippen LogP contribution in [0.1, 0.15) is 31.0 Å². The van der Waals surface area contributed by atoms with E-state index in [0.717, 1.165) is 0 Å². The summed E-state index contributed by atoms with van der Waals surface area (Å²) < 4.78 is 29.7. The quantitative estimate of drug-likeness (QED) is 0.432. The second kappa shape index (κ2) is 8.39. The van der Waals surface area contributed by atoms with Gasteiger partial charge < -0.3 is 24.2 Å². The summed E-state index contributed by atoms with van der Waals surface area (Å²) in [6, 6.07) is 9.37. The number of Topliss-reactive ketones (excluding diaryl/α,β-unsaturated/α-hetero) is 1. The number of aliphatic hydroxyl groups excluding tert-OH is 1. The van der Waals surface area contributed by atoms with E-state index in [2.05, 4.69) is 0 Å². The van der Waals surface area contributed by atoms with Crippen LogP contribution in [0.15, 0.2) is 48.0 Å². The van der Waals surface area contributed by atoms with Gasteiger partial charge in [-0.3, -0.25) is 9.59 Å². The van der Waals surface area contributed by atoms with Gasteiger partial charge in [-0.2, -0.15) is 0 Å². The molecular weight excluding hydrogens is 405 g/mol. The van der Waals surface area contributed by atoms with Crippen LogP contribution in [0.3, 0.4) is 0 Å². The molecule has 7 nitrogen and oxygen atoms in total. The van der Waals surface area contributed by atoms with Gasteiger partial charge in [0.2, 0.25) is 6.79 Å². The van der Waals surface area contributed by atoms with Gasteiger partial charge >= 0.3 is 0 Å². The average Bonchev–Trinajstić information content (AvgIpc) is 3.31. The molecule has 2 heterocycles. The first-order chi connectivity index (χ1) is 14.9. The molecule has 1 unspecified atom stereocenters. The minimum atomic E-state index is -0.873. The molecule has 0 spiro atoms. The van der Waals surface area contributed by atoms with Crippen LogP contribution < -0.4 is 9.47 Å². The number of likely N-dealkylation sites (tertiary alicyclic amines) is 1. The van der Waals surface area contributed by atoms with E-state index in [1.807, 2.05) is 13.8 Å².